The summed E-state index contributed by atoms with van der Waals surface area (Å²) in [6.45, 7) is 8.13. The number of fused-ring (bicyclic) bond motifs is 1. The van der Waals surface area contributed by atoms with Crippen LogP contribution in [-0.4, -0.2) is 43.6 Å². The van der Waals surface area contributed by atoms with Crippen molar-refractivity contribution in [1.29, 1.82) is 0 Å². The number of hydrogen-bond donors (Lipinski definition) is 1. The number of nitrogens with zero attached hydrogens (tertiary/aromatic N) is 1. The van der Waals surface area contributed by atoms with Crippen molar-refractivity contribution in [3.63, 3.8) is 0 Å². The lowest BCUT2D eigenvalue weighted by Gasteiger charge is -2.39. The van der Waals surface area contributed by atoms with Gasteiger partial charge in [0, 0.05) is 26.7 Å². The molecule has 2 aromatic carbocycles. The Labute approximate surface area is 210 Å². The molecule has 0 aromatic heterocycles. The number of amides is 1. The lowest BCUT2D eigenvalue weighted by atomic mass is 9.85. The van der Waals surface area contributed by atoms with Crippen LogP contribution in [0.1, 0.15) is 49.4 Å². The van der Waals surface area contributed by atoms with Crippen molar-refractivity contribution in [3.05, 3.63) is 64.2 Å². The van der Waals surface area contributed by atoms with Crippen LogP contribution in [0.2, 0.25) is 0 Å². The normalized spacial score (nSPS) is 16.6. The number of hydrogen-bond acceptors (Lipinski definition) is 4. The number of carbonyl (C=O) groups excluding carboxylic acids is 1. The van der Waals surface area contributed by atoms with E-state index in [9.17, 15) is 18.0 Å². The maximum atomic E-state index is 13.4. The predicted molar refractivity (Wildman–Crippen MR) is 133 cm³/mol. The zero-order valence-corrected chi connectivity index (χ0v) is 21.2. The summed E-state index contributed by atoms with van der Waals surface area (Å²) < 4.78 is 51.5. The van der Waals surface area contributed by atoms with E-state index in [0.717, 1.165) is 44.6 Å². The van der Waals surface area contributed by atoms with Gasteiger partial charge in [0.05, 0.1) is 17.6 Å². The Hall–Kier alpha value is -3.00. The fraction of sp³-hybridized carbons (Fsp3) is 0.464. The molecule has 0 radical (unpaired) electrons. The number of benzene rings is 2. The highest BCUT2D eigenvalue weighted by Gasteiger charge is 2.33. The molecular weight excluding hydrogens is 469 g/mol. The van der Waals surface area contributed by atoms with Gasteiger partial charge >= 0.3 is 6.18 Å². The molecule has 2 aromatic rings. The van der Waals surface area contributed by atoms with E-state index in [2.05, 4.69) is 17.1 Å². The van der Waals surface area contributed by atoms with Crippen molar-refractivity contribution in [2.45, 2.75) is 52.5 Å². The summed E-state index contributed by atoms with van der Waals surface area (Å²) in [4.78, 5) is 14.0. The minimum atomic E-state index is -4.46. The van der Waals surface area contributed by atoms with E-state index in [4.69, 9.17) is 9.47 Å². The summed E-state index contributed by atoms with van der Waals surface area (Å²) in [5, 5.41) is 2.71. The van der Waals surface area contributed by atoms with Gasteiger partial charge in [0.25, 0.3) is 0 Å². The second-order valence-corrected chi connectivity index (χ2v) is 9.87. The lowest BCUT2D eigenvalue weighted by molar-refractivity contribution is -0.137. The van der Waals surface area contributed by atoms with Gasteiger partial charge in [-0.1, -0.05) is 11.6 Å². The Morgan fingerprint density at radius 2 is 1.86 bits per heavy atom. The number of rotatable bonds is 8. The number of alkyl halides is 3. The molecule has 1 aliphatic heterocycles. The van der Waals surface area contributed by atoms with Crippen LogP contribution < -0.4 is 14.8 Å². The standard InChI is InChI=1S/C28H33F3N2O3/c1-17(2)36-25-10-19(9-23(12-25)28(29,30)31)16-35-24-7-8-26-18(3)21(6-5-20(26)11-24)13-33-14-22(15-33)27(34)32-4/h7-12,17,22H,5-6,13-16H2,1-4H3,(H,32,34). The van der Waals surface area contributed by atoms with E-state index in [-0.39, 0.29) is 30.3 Å². The summed E-state index contributed by atoms with van der Waals surface area (Å²) in [5.41, 5.74) is 4.64. The molecule has 1 amide bonds. The van der Waals surface area contributed by atoms with E-state index in [1.165, 1.54) is 22.3 Å². The first kappa shape index (κ1) is 26.1. The molecule has 1 saturated heterocycles. The molecular formula is C28H33F3N2O3. The number of nitrogens with one attached hydrogen (secondary N) is 1. The highest BCUT2D eigenvalue weighted by Crippen LogP contribution is 2.36. The molecule has 0 atom stereocenters. The number of carbonyl (C=O) groups is 1. The van der Waals surface area contributed by atoms with E-state index in [0.29, 0.717) is 11.3 Å². The first-order chi connectivity index (χ1) is 17.0. The van der Waals surface area contributed by atoms with Crippen molar-refractivity contribution in [2.75, 3.05) is 26.7 Å². The smallest absolute Gasteiger partial charge is 0.416 e. The number of allylic oxidation sites excluding steroid dienone is 1. The fourth-order valence-electron chi connectivity index (χ4n) is 4.85. The van der Waals surface area contributed by atoms with Crippen molar-refractivity contribution >= 4 is 11.5 Å². The monoisotopic (exact) mass is 502 g/mol. The molecule has 0 saturated carbocycles. The largest absolute Gasteiger partial charge is 0.491 e. The van der Waals surface area contributed by atoms with Gasteiger partial charge in [-0.15, -0.1) is 0 Å². The van der Waals surface area contributed by atoms with Crippen LogP contribution in [-0.2, 0) is 24.0 Å². The minimum Gasteiger partial charge on any atom is -0.491 e. The number of halogens is 3. The third-order valence-corrected chi connectivity index (χ3v) is 6.77. The van der Waals surface area contributed by atoms with E-state index in [1.54, 1.807) is 27.0 Å². The third kappa shape index (κ3) is 6.03. The SMILES string of the molecule is CNC(=O)C1CN(CC2=C(C)c3ccc(OCc4cc(OC(C)C)cc(C(F)(F)F)c4)cc3CC2)C1. The summed E-state index contributed by atoms with van der Waals surface area (Å²) >= 11 is 0. The summed E-state index contributed by atoms with van der Waals surface area (Å²) in [6, 6.07) is 9.61. The Morgan fingerprint density at radius 3 is 2.53 bits per heavy atom. The second kappa shape index (κ2) is 10.5. The van der Waals surface area contributed by atoms with Gasteiger partial charge in [0.15, 0.2) is 0 Å². The summed E-state index contributed by atoms with van der Waals surface area (Å²) in [7, 11) is 1.67. The molecule has 0 unspecified atom stereocenters. The third-order valence-electron chi connectivity index (χ3n) is 6.77. The molecule has 1 fully saturated rings. The molecule has 8 heteroatoms. The Kier molecular flexibility index (Phi) is 7.64. The topological polar surface area (TPSA) is 50.8 Å². The molecule has 1 heterocycles. The summed E-state index contributed by atoms with van der Waals surface area (Å²) in [6.07, 6.45) is -2.88. The van der Waals surface area contributed by atoms with E-state index < -0.39 is 11.7 Å². The van der Waals surface area contributed by atoms with Crippen LogP contribution in [0.4, 0.5) is 13.2 Å². The molecule has 1 N–H and O–H groups in total. The Balaban J connectivity index is 1.43. The number of aryl methyl sites for hydroxylation is 1. The van der Waals surface area contributed by atoms with Crippen molar-refractivity contribution in [1.82, 2.24) is 10.2 Å². The quantitative estimate of drug-likeness (QED) is 0.520. The van der Waals surface area contributed by atoms with Gasteiger partial charge in [-0.3, -0.25) is 9.69 Å². The average molecular weight is 503 g/mol. The fourth-order valence-corrected chi connectivity index (χ4v) is 4.85. The highest BCUT2D eigenvalue weighted by molar-refractivity contribution is 5.79. The Bertz CT molecular complexity index is 1150. The van der Waals surface area contributed by atoms with Crippen LogP contribution in [0.5, 0.6) is 11.5 Å². The van der Waals surface area contributed by atoms with Crippen LogP contribution in [0, 0.1) is 5.92 Å². The average Bonchev–Trinajstić information content (AvgIpc) is 2.79. The first-order valence-corrected chi connectivity index (χ1v) is 12.3. The molecule has 36 heavy (non-hydrogen) atoms. The van der Waals surface area contributed by atoms with Gasteiger partial charge in [0.1, 0.15) is 18.1 Å². The van der Waals surface area contributed by atoms with Crippen molar-refractivity contribution < 1.29 is 27.4 Å². The van der Waals surface area contributed by atoms with Crippen LogP contribution >= 0.6 is 0 Å². The maximum Gasteiger partial charge on any atom is 0.416 e. The van der Waals surface area contributed by atoms with Gasteiger partial charge in [0.2, 0.25) is 5.91 Å². The zero-order chi connectivity index (χ0) is 26.0. The lowest BCUT2D eigenvalue weighted by Crippen LogP contribution is -2.53. The molecule has 0 bridgehead atoms. The van der Waals surface area contributed by atoms with Crippen molar-refractivity contribution in [2.24, 2.45) is 5.92 Å². The van der Waals surface area contributed by atoms with Gasteiger partial charge < -0.3 is 14.8 Å². The van der Waals surface area contributed by atoms with Crippen LogP contribution in [0.3, 0.4) is 0 Å². The number of likely N-dealkylation sites (tertiary alicyclic amines) is 1. The second-order valence-electron chi connectivity index (χ2n) is 9.87. The molecule has 194 valence electrons. The van der Waals surface area contributed by atoms with E-state index >= 15 is 0 Å². The zero-order valence-electron chi connectivity index (χ0n) is 21.2. The molecule has 5 nitrogen and oxygen atoms in total. The van der Waals surface area contributed by atoms with E-state index in [1.807, 2.05) is 18.2 Å². The van der Waals surface area contributed by atoms with Crippen LogP contribution in [0.15, 0.2) is 42.0 Å². The first-order valence-electron chi connectivity index (χ1n) is 12.3. The minimum absolute atomic E-state index is 0.0126. The summed E-state index contributed by atoms with van der Waals surface area (Å²) in [5.74, 6) is 0.995. The van der Waals surface area contributed by atoms with Gasteiger partial charge in [-0.2, -0.15) is 13.2 Å². The maximum absolute atomic E-state index is 13.4. The molecule has 1 aliphatic carbocycles. The van der Waals surface area contributed by atoms with Gasteiger partial charge in [-0.25, -0.2) is 0 Å². The molecule has 4 rings (SSSR count). The predicted octanol–water partition coefficient (Wildman–Crippen LogP) is 5.47. The molecule has 0 spiro atoms. The Morgan fingerprint density at radius 1 is 1.11 bits per heavy atom. The van der Waals surface area contributed by atoms with Crippen LogP contribution in [0.25, 0.3) is 5.57 Å². The molecule has 2 aliphatic rings. The highest BCUT2D eigenvalue weighted by atomic mass is 19.4. The van der Waals surface area contributed by atoms with Crippen molar-refractivity contribution in [3.8, 4) is 11.5 Å². The number of ether oxygens (including phenoxy) is 2. The van der Waals surface area contributed by atoms with Gasteiger partial charge in [-0.05, 0) is 86.2 Å².